The molecule has 8 rings (SSSR count). The Balaban J connectivity index is 0.000000233. The van der Waals surface area contributed by atoms with E-state index in [1.54, 1.807) is 4.90 Å². The number of imidazole rings is 1. The lowest BCUT2D eigenvalue weighted by molar-refractivity contribution is -0.126. The molecule has 1 aliphatic carbocycles. The highest BCUT2D eigenvalue weighted by Crippen LogP contribution is 2.39. The molecule has 9 nitrogen and oxygen atoms in total. The number of aromatic nitrogens is 5. The largest absolute Gasteiger partial charge is 0.493 e. The molecule has 43 heavy (non-hydrogen) atoms. The number of amides is 1. The van der Waals surface area contributed by atoms with Crippen LogP contribution in [0.25, 0.3) is 34.1 Å². The summed E-state index contributed by atoms with van der Waals surface area (Å²) in [5, 5.41) is 4.77. The lowest BCUT2D eigenvalue weighted by Gasteiger charge is -2.29. The van der Waals surface area contributed by atoms with E-state index in [2.05, 4.69) is 47.5 Å². The fourth-order valence-corrected chi connectivity index (χ4v) is 5.71. The van der Waals surface area contributed by atoms with E-state index in [-0.39, 0.29) is 11.9 Å². The SMILES string of the molecule is C=CC(=O)N1CCC(N)CC1.c1ccc(-c2nc3ccc(-n4ccc(C5CC5)n4)nc3n2-c2ccc3c(c2)OCC3)cc1. The minimum Gasteiger partial charge on any atom is -0.493 e. The van der Waals surface area contributed by atoms with Gasteiger partial charge in [0.1, 0.15) is 17.1 Å². The van der Waals surface area contributed by atoms with Crippen LogP contribution in [0.1, 0.15) is 42.9 Å². The molecule has 3 aromatic heterocycles. The molecule has 1 saturated carbocycles. The molecule has 0 atom stereocenters. The van der Waals surface area contributed by atoms with Gasteiger partial charge in [0.2, 0.25) is 5.91 Å². The zero-order chi connectivity index (χ0) is 29.3. The Labute approximate surface area is 250 Å². The van der Waals surface area contributed by atoms with Crippen molar-refractivity contribution in [2.24, 2.45) is 5.73 Å². The Kier molecular flexibility index (Phi) is 7.24. The molecular weight excluding hydrogens is 538 g/mol. The number of nitrogens with two attached hydrogens (primary N) is 1. The Morgan fingerprint density at radius 2 is 1.79 bits per heavy atom. The van der Waals surface area contributed by atoms with E-state index in [1.807, 2.05) is 41.2 Å². The highest BCUT2D eigenvalue weighted by atomic mass is 16.5. The topological polar surface area (TPSA) is 104 Å². The van der Waals surface area contributed by atoms with Crippen molar-refractivity contribution in [2.75, 3.05) is 19.7 Å². The molecule has 0 radical (unpaired) electrons. The van der Waals surface area contributed by atoms with Crippen LogP contribution in [0, 0.1) is 0 Å². The van der Waals surface area contributed by atoms with Gasteiger partial charge >= 0.3 is 0 Å². The van der Waals surface area contributed by atoms with Crippen LogP contribution < -0.4 is 10.5 Å². The van der Waals surface area contributed by atoms with Gasteiger partial charge in [0.15, 0.2) is 11.5 Å². The number of pyridine rings is 1. The summed E-state index contributed by atoms with van der Waals surface area (Å²) in [5.74, 6) is 3.24. The molecule has 5 heterocycles. The van der Waals surface area contributed by atoms with Crippen LogP contribution in [0.4, 0.5) is 0 Å². The first-order valence-electron chi connectivity index (χ1n) is 15.0. The predicted molar refractivity (Wildman–Crippen MR) is 167 cm³/mol. The Hall–Kier alpha value is -4.76. The van der Waals surface area contributed by atoms with E-state index >= 15 is 0 Å². The second kappa shape index (κ2) is 11.5. The van der Waals surface area contributed by atoms with E-state index in [0.717, 1.165) is 84.5 Å². The van der Waals surface area contributed by atoms with Crippen molar-refractivity contribution in [1.29, 1.82) is 0 Å². The average Bonchev–Trinajstić information content (AvgIpc) is 3.42. The number of carbonyl (C=O) groups is 1. The third-order valence-corrected chi connectivity index (χ3v) is 8.33. The smallest absolute Gasteiger partial charge is 0.245 e. The van der Waals surface area contributed by atoms with Crippen molar-refractivity contribution in [3.8, 4) is 28.6 Å². The molecule has 2 aliphatic heterocycles. The third kappa shape index (κ3) is 5.56. The van der Waals surface area contributed by atoms with Gasteiger partial charge in [0, 0.05) is 49.3 Å². The first kappa shape index (κ1) is 27.1. The van der Waals surface area contributed by atoms with Crippen LogP contribution in [0.5, 0.6) is 5.75 Å². The molecule has 5 aromatic rings. The van der Waals surface area contributed by atoms with Crippen molar-refractivity contribution >= 4 is 17.1 Å². The van der Waals surface area contributed by atoms with Crippen molar-refractivity contribution in [3.05, 3.63) is 96.8 Å². The second-order valence-electron chi connectivity index (χ2n) is 11.4. The van der Waals surface area contributed by atoms with Gasteiger partial charge in [-0.2, -0.15) is 5.10 Å². The minimum absolute atomic E-state index is 0.0249. The normalized spacial score (nSPS) is 16.3. The molecule has 0 spiro atoms. The standard InChI is InChI=1S/C26H21N5O.C8H14N2O/c1-2-4-19(5-3-1)25-27-22-10-11-24(30-14-12-21(29-30)17-6-7-17)28-26(22)31(25)20-9-8-18-13-15-32-23(18)16-20;1-2-8(11)10-5-3-7(9)4-6-10/h1-5,8-12,14,16-17H,6-7,13,15H2;2,7H,1,3-6,9H2. The van der Waals surface area contributed by atoms with Crippen molar-refractivity contribution in [3.63, 3.8) is 0 Å². The predicted octanol–water partition coefficient (Wildman–Crippen LogP) is 5.21. The van der Waals surface area contributed by atoms with Crippen LogP contribution >= 0.6 is 0 Å². The summed E-state index contributed by atoms with van der Waals surface area (Å²) in [6.45, 7) is 5.74. The van der Waals surface area contributed by atoms with E-state index in [1.165, 1.54) is 24.5 Å². The molecule has 1 saturated heterocycles. The summed E-state index contributed by atoms with van der Waals surface area (Å²) in [7, 11) is 0. The Morgan fingerprint density at radius 3 is 2.56 bits per heavy atom. The number of hydrogen-bond acceptors (Lipinski definition) is 6. The van der Waals surface area contributed by atoms with Crippen LogP contribution in [-0.2, 0) is 11.2 Å². The number of hydrogen-bond donors (Lipinski definition) is 1. The fourth-order valence-electron chi connectivity index (χ4n) is 5.71. The number of likely N-dealkylation sites (tertiary alicyclic amines) is 1. The summed E-state index contributed by atoms with van der Waals surface area (Å²) < 4.78 is 9.85. The molecule has 218 valence electrons. The van der Waals surface area contributed by atoms with Crippen LogP contribution in [-0.4, -0.2) is 60.9 Å². The van der Waals surface area contributed by atoms with Gasteiger partial charge in [-0.15, -0.1) is 0 Å². The quantitative estimate of drug-likeness (QED) is 0.290. The maximum atomic E-state index is 11.0. The molecule has 1 amide bonds. The highest BCUT2D eigenvalue weighted by Gasteiger charge is 2.26. The minimum atomic E-state index is 0.0249. The molecule has 3 aliphatic rings. The average molecular weight is 574 g/mol. The van der Waals surface area contributed by atoms with E-state index in [4.69, 9.17) is 25.5 Å². The molecule has 2 fully saturated rings. The number of nitrogens with zero attached hydrogens (tertiary/aromatic N) is 6. The van der Waals surface area contributed by atoms with E-state index in [9.17, 15) is 4.79 Å². The van der Waals surface area contributed by atoms with Crippen molar-refractivity contribution < 1.29 is 9.53 Å². The summed E-state index contributed by atoms with van der Waals surface area (Å²) in [4.78, 5) is 22.8. The molecule has 0 bridgehead atoms. The zero-order valence-corrected chi connectivity index (χ0v) is 24.1. The summed E-state index contributed by atoms with van der Waals surface area (Å²) in [5.41, 5.74) is 11.8. The summed E-state index contributed by atoms with van der Waals surface area (Å²) in [6, 6.07) is 23.0. The van der Waals surface area contributed by atoms with Gasteiger partial charge in [-0.25, -0.2) is 14.6 Å². The van der Waals surface area contributed by atoms with Crippen molar-refractivity contribution in [1.82, 2.24) is 29.2 Å². The van der Waals surface area contributed by atoms with Crippen molar-refractivity contribution in [2.45, 2.75) is 44.1 Å². The van der Waals surface area contributed by atoms with Crippen LogP contribution in [0.2, 0.25) is 0 Å². The lowest BCUT2D eigenvalue weighted by Crippen LogP contribution is -2.42. The first-order chi connectivity index (χ1) is 21.1. The van der Waals surface area contributed by atoms with Gasteiger partial charge in [-0.05, 0) is 61.6 Å². The molecule has 0 unspecified atom stereocenters. The van der Waals surface area contributed by atoms with E-state index < -0.39 is 0 Å². The van der Waals surface area contributed by atoms with Crippen LogP contribution in [0.3, 0.4) is 0 Å². The molecule has 2 aromatic carbocycles. The zero-order valence-electron chi connectivity index (χ0n) is 24.1. The molecular formula is C34H35N7O2. The number of fused-ring (bicyclic) bond motifs is 2. The number of ether oxygens (including phenoxy) is 1. The Bertz CT molecular complexity index is 1780. The lowest BCUT2D eigenvalue weighted by atomic mass is 10.1. The number of benzene rings is 2. The number of carbonyl (C=O) groups excluding carboxylic acids is 1. The maximum Gasteiger partial charge on any atom is 0.245 e. The summed E-state index contributed by atoms with van der Waals surface area (Å²) in [6.07, 6.45) is 8.62. The monoisotopic (exact) mass is 573 g/mol. The molecule has 9 heteroatoms. The highest BCUT2D eigenvalue weighted by molar-refractivity contribution is 5.87. The van der Waals surface area contributed by atoms with E-state index in [0.29, 0.717) is 5.92 Å². The Morgan fingerprint density at radius 1 is 0.977 bits per heavy atom. The second-order valence-corrected chi connectivity index (χ2v) is 11.4. The summed E-state index contributed by atoms with van der Waals surface area (Å²) >= 11 is 0. The van der Waals surface area contributed by atoms with Gasteiger partial charge in [0.25, 0.3) is 0 Å². The molecule has 2 N–H and O–H groups in total. The van der Waals surface area contributed by atoms with Crippen LogP contribution in [0.15, 0.2) is 85.6 Å². The fraction of sp³-hybridized carbons (Fsp3) is 0.294. The van der Waals surface area contributed by atoms with Gasteiger partial charge in [-0.3, -0.25) is 9.36 Å². The number of rotatable bonds is 5. The maximum absolute atomic E-state index is 11.0. The third-order valence-electron chi connectivity index (χ3n) is 8.33. The van der Waals surface area contributed by atoms with Gasteiger partial charge < -0.3 is 15.4 Å². The van der Waals surface area contributed by atoms with Gasteiger partial charge in [0.05, 0.1) is 18.0 Å². The number of piperidine rings is 1. The first-order valence-corrected chi connectivity index (χ1v) is 15.0. The van der Waals surface area contributed by atoms with Gasteiger partial charge in [-0.1, -0.05) is 43.0 Å².